The van der Waals surface area contributed by atoms with Gasteiger partial charge < -0.3 is 15.0 Å². The third-order valence-corrected chi connectivity index (χ3v) is 8.37. The van der Waals surface area contributed by atoms with Gasteiger partial charge in [0.25, 0.3) is 5.92 Å². The predicted molar refractivity (Wildman–Crippen MR) is 127 cm³/mol. The van der Waals surface area contributed by atoms with Gasteiger partial charge in [0.2, 0.25) is 0 Å². The first-order chi connectivity index (χ1) is 15.8. The van der Waals surface area contributed by atoms with Crippen LogP contribution in [0.1, 0.15) is 35.8 Å². The van der Waals surface area contributed by atoms with Crippen molar-refractivity contribution in [3.05, 3.63) is 44.7 Å². The van der Waals surface area contributed by atoms with Crippen molar-refractivity contribution >= 4 is 34.5 Å². The van der Waals surface area contributed by atoms with E-state index in [4.69, 9.17) is 21.4 Å². The van der Waals surface area contributed by atoms with Crippen LogP contribution in [0.15, 0.2) is 29.5 Å². The minimum atomic E-state index is -2.97. The molecule has 5 heterocycles. The lowest BCUT2D eigenvalue weighted by molar-refractivity contribution is -0.181. The maximum atomic E-state index is 14.4. The Morgan fingerprint density at radius 3 is 2.88 bits per heavy atom. The van der Waals surface area contributed by atoms with Crippen LogP contribution in [0.5, 0.6) is 0 Å². The van der Waals surface area contributed by atoms with Gasteiger partial charge in [0, 0.05) is 60.0 Å². The van der Waals surface area contributed by atoms with Crippen LogP contribution in [0.2, 0.25) is 4.34 Å². The fourth-order valence-corrected chi connectivity index (χ4v) is 6.57. The van der Waals surface area contributed by atoms with Gasteiger partial charge in [0.1, 0.15) is 12.2 Å². The number of nitrogens with one attached hydrogen (secondary N) is 1. The highest BCUT2D eigenvalue weighted by Crippen LogP contribution is 2.52. The lowest BCUT2D eigenvalue weighted by atomic mass is 9.84. The molecule has 0 aliphatic carbocycles. The summed E-state index contributed by atoms with van der Waals surface area (Å²) in [5.74, 6) is -1.78. The minimum absolute atomic E-state index is 0.0550. The predicted octanol–water partition coefficient (Wildman–Crippen LogP) is 4.44. The molecule has 6 nitrogen and oxygen atoms in total. The van der Waals surface area contributed by atoms with Gasteiger partial charge in [0.05, 0.1) is 10.9 Å². The molecule has 1 saturated heterocycles. The summed E-state index contributed by atoms with van der Waals surface area (Å²) in [5.41, 5.74) is 1.62. The number of fused-ring (bicyclic) bond motifs is 2. The van der Waals surface area contributed by atoms with Crippen LogP contribution in [0.25, 0.3) is 0 Å². The number of thiophene rings is 1. The van der Waals surface area contributed by atoms with Gasteiger partial charge in [-0.3, -0.25) is 0 Å². The Labute approximate surface area is 201 Å². The first-order valence-electron chi connectivity index (χ1n) is 11.3. The van der Waals surface area contributed by atoms with E-state index in [0.717, 1.165) is 49.8 Å². The quantitative estimate of drug-likeness (QED) is 0.664. The van der Waals surface area contributed by atoms with Crippen molar-refractivity contribution in [3.8, 4) is 0 Å². The maximum Gasteiger partial charge on any atom is 0.297 e. The number of hydrazone groups is 1. The summed E-state index contributed by atoms with van der Waals surface area (Å²) in [4.78, 5) is 7.58. The normalized spacial score (nSPS) is 24.2. The number of ether oxygens (including phenoxy) is 1. The maximum absolute atomic E-state index is 14.4. The van der Waals surface area contributed by atoms with Gasteiger partial charge in [-0.2, -0.15) is 13.9 Å². The van der Waals surface area contributed by atoms with Gasteiger partial charge in [-0.25, -0.2) is 9.99 Å². The second-order valence-electron chi connectivity index (χ2n) is 9.12. The standard InChI is InChI=1S/C23H28ClF2N5OS/c1-15-17(13-31(29-15)21-16(11-27-2)4-3-7-28-21)12-30-8-5-22(6-9-30)20-18(10-19(24)33-20)23(25,26)14-32-22/h3-4,7,10,17,27H,5-6,8-9,11-14H2,1-2H3. The van der Waals surface area contributed by atoms with Crippen LogP contribution in [-0.2, 0) is 22.8 Å². The molecule has 2 aromatic heterocycles. The second kappa shape index (κ2) is 8.85. The van der Waals surface area contributed by atoms with Crippen LogP contribution < -0.4 is 10.3 Å². The molecule has 1 unspecified atom stereocenters. The molecule has 0 aromatic carbocycles. The average Bonchev–Trinajstić information content (AvgIpc) is 3.37. The van der Waals surface area contributed by atoms with Gasteiger partial charge in [-0.05, 0) is 38.9 Å². The summed E-state index contributed by atoms with van der Waals surface area (Å²) in [7, 11) is 1.92. The van der Waals surface area contributed by atoms with Gasteiger partial charge in [0.15, 0.2) is 5.82 Å². The van der Waals surface area contributed by atoms with Crippen LogP contribution in [0.4, 0.5) is 14.6 Å². The van der Waals surface area contributed by atoms with E-state index in [9.17, 15) is 8.78 Å². The van der Waals surface area contributed by atoms with Crippen molar-refractivity contribution in [3.63, 3.8) is 0 Å². The first kappa shape index (κ1) is 23.1. The van der Waals surface area contributed by atoms with Crippen molar-refractivity contribution in [1.82, 2.24) is 15.2 Å². The molecule has 3 aliphatic heterocycles. The highest BCUT2D eigenvalue weighted by atomic mass is 35.5. The van der Waals surface area contributed by atoms with Crippen molar-refractivity contribution < 1.29 is 13.5 Å². The highest BCUT2D eigenvalue weighted by Gasteiger charge is 2.51. The molecule has 10 heteroatoms. The fraction of sp³-hybridized carbons (Fsp3) is 0.565. The Bertz CT molecular complexity index is 1050. The van der Waals surface area contributed by atoms with Crippen molar-refractivity contribution in [2.45, 2.75) is 37.8 Å². The van der Waals surface area contributed by atoms with E-state index in [-0.39, 0.29) is 5.56 Å². The SMILES string of the molecule is CNCc1cccnc1N1CC(CN2CCC3(CC2)OCC(F)(F)c2cc(Cl)sc23)C(C)=N1. The number of hydrogen-bond donors (Lipinski definition) is 1. The molecular weight excluding hydrogens is 468 g/mol. The fourth-order valence-electron chi connectivity index (χ4n) is 5.09. The summed E-state index contributed by atoms with van der Waals surface area (Å²) in [5, 5.41) is 9.99. The Kier molecular flexibility index (Phi) is 6.20. The van der Waals surface area contributed by atoms with E-state index >= 15 is 0 Å². The number of nitrogens with zero attached hydrogens (tertiary/aromatic N) is 4. The zero-order valence-corrected chi connectivity index (χ0v) is 20.4. The summed E-state index contributed by atoms with van der Waals surface area (Å²) in [6.45, 7) is 5.48. The molecule has 1 fully saturated rings. The molecule has 0 saturated carbocycles. The summed E-state index contributed by atoms with van der Waals surface area (Å²) in [6.07, 6.45) is 3.17. The minimum Gasteiger partial charge on any atom is -0.363 e. The van der Waals surface area contributed by atoms with E-state index < -0.39 is 18.1 Å². The van der Waals surface area contributed by atoms with E-state index in [2.05, 4.69) is 28.2 Å². The van der Waals surface area contributed by atoms with Gasteiger partial charge in [-0.15, -0.1) is 11.3 Å². The molecule has 5 rings (SSSR count). The average molecular weight is 496 g/mol. The number of hydrogen-bond acceptors (Lipinski definition) is 7. The lowest BCUT2D eigenvalue weighted by Gasteiger charge is -2.45. The lowest BCUT2D eigenvalue weighted by Crippen LogP contribution is -2.50. The Morgan fingerprint density at radius 1 is 1.33 bits per heavy atom. The Balaban J connectivity index is 1.24. The number of anilines is 1. The van der Waals surface area contributed by atoms with Crippen molar-refractivity contribution in [2.24, 2.45) is 11.0 Å². The van der Waals surface area contributed by atoms with Crippen molar-refractivity contribution in [2.75, 3.05) is 44.8 Å². The Hall–Kier alpha value is -1.65. The molecule has 178 valence electrons. The third-order valence-electron chi connectivity index (χ3n) is 6.92. The van der Waals surface area contributed by atoms with Crippen LogP contribution in [-0.4, -0.2) is 55.4 Å². The number of pyridine rings is 1. The first-order valence-corrected chi connectivity index (χ1v) is 12.5. The monoisotopic (exact) mass is 495 g/mol. The number of alkyl halides is 2. The topological polar surface area (TPSA) is 53.0 Å². The number of rotatable bonds is 5. The summed E-state index contributed by atoms with van der Waals surface area (Å²) in [6, 6.07) is 5.43. The molecule has 1 N–H and O–H groups in total. The van der Waals surface area contributed by atoms with Crippen molar-refractivity contribution in [1.29, 1.82) is 0 Å². The Morgan fingerprint density at radius 2 is 2.12 bits per heavy atom. The number of aromatic nitrogens is 1. The van der Waals surface area contributed by atoms with Crippen LogP contribution in [0, 0.1) is 5.92 Å². The number of piperidine rings is 1. The van der Waals surface area contributed by atoms with Gasteiger partial charge in [-0.1, -0.05) is 17.7 Å². The highest BCUT2D eigenvalue weighted by molar-refractivity contribution is 7.16. The zero-order chi connectivity index (χ0) is 23.2. The molecule has 2 aromatic rings. The second-order valence-corrected chi connectivity index (χ2v) is 10.8. The number of halogens is 3. The molecule has 1 spiro atoms. The van der Waals surface area contributed by atoms with Crippen LogP contribution in [0.3, 0.4) is 0 Å². The largest absolute Gasteiger partial charge is 0.363 e. The number of likely N-dealkylation sites (tertiary alicyclic amines) is 1. The van der Waals surface area contributed by atoms with Crippen LogP contribution >= 0.6 is 22.9 Å². The third kappa shape index (κ3) is 4.30. The molecule has 33 heavy (non-hydrogen) atoms. The molecule has 3 aliphatic rings. The van der Waals surface area contributed by atoms with E-state index in [0.29, 0.717) is 28.0 Å². The molecule has 0 bridgehead atoms. The molecule has 0 amide bonds. The van der Waals surface area contributed by atoms with Gasteiger partial charge >= 0.3 is 0 Å². The summed E-state index contributed by atoms with van der Waals surface area (Å²) < 4.78 is 35.0. The molecule has 1 atom stereocenters. The molecule has 0 radical (unpaired) electrons. The zero-order valence-electron chi connectivity index (χ0n) is 18.8. The van der Waals surface area contributed by atoms with E-state index in [1.165, 1.54) is 17.4 Å². The van der Waals surface area contributed by atoms with E-state index in [1.807, 2.05) is 18.1 Å². The summed E-state index contributed by atoms with van der Waals surface area (Å²) >= 11 is 7.37. The van der Waals surface area contributed by atoms with E-state index in [1.54, 1.807) is 6.20 Å². The molecular formula is C23H28ClF2N5OS. The smallest absolute Gasteiger partial charge is 0.297 e.